The van der Waals surface area contributed by atoms with Crippen LogP contribution < -0.4 is 20.7 Å². The van der Waals surface area contributed by atoms with Crippen LogP contribution in [0.15, 0.2) is 46.9 Å². The van der Waals surface area contributed by atoms with Crippen molar-refractivity contribution in [3.63, 3.8) is 0 Å². The van der Waals surface area contributed by atoms with Crippen LogP contribution >= 0.6 is 0 Å². The number of sulfonamides is 1. The first-order valence-corrected chi connectivity index (χ1v) is 12.2. The number of carbonyl (C=O) groups excluding carboxylic acids is 1. The van der Waals surface area contributed by atoms with E-state index in [-0.39, 0.29) is 24.1 Å². The largest absolute Gasteiger partial charge is 0.490 e. The first kappa shape index (κ1) is 22.1. The van der Waals surface area contributed by atoms with Gasteiger partial charge in [0.1, 0.15) is 18.2 Å². The number of nitrogens with one attached hydrogen (secondary N) is 1. The predicted octanol–water partition coefficient (Wildman–Crippen LogP) is 2.42. The molecule has 32 heavy (non-hydrogen) atoms. The number of carbonyl (C=O) groups is 1. The molecular formula is C23H28N4O4S. The van der Waals surface area contributed by atoms with Crippen LogP contribution in [0.4, 0.5) is 5.69 Å². The van der Waals surface area contributed by atoms with Gasteiger partial charge in [0.05, 0.1) is 16.9 Å². The second-order valence-electron chi connectivity index (χ2n) is 8.67. The van der Waals surface area contributed by atoms with Gasteiger partial charge >= 0.3 is 0 Å². The molecule has 1 fully saturated rings. The third kappa shape index (κ3) is 4.57. The Morgan fingerprint density at radius 2 is 1.91 bits per heavy atom. The number of hydrogen-bond acceptors (Lipinski definition) is 6. The Bertz CT molecular complexity index is 1170. The van der Waals surface area contributed by atoms with Gasteiger partial charge < -0.3 is 20.7 Å². The van der Waals surface area contributed by atoms with Crippen molar-refractivity contribution in [2.75, 3.05) is 25.6 Å². The van der Waals surface area contributed by atoms with Gasteiger partial charge in [0.15, 0.2) is 0 Å². The van der Waals surface area contributed by atoms with Gasteiger partial charge in [0.25, 0.3) is 15.9 Å². The summed E-state index contributed by atoms with van der Waals surface area (Å²) in [6.07, 6.45) is 3.60. The smallest absolute Gasteiger partial charge is 0.259 e. The molecule has 0 saturated heterocycles. The summed E-state index contributed by atoms with van der Waals surface area (Å²) in [5, 5.41) is 3.21. The molecule has 0 aromatic heterocycles. The van der Waals surface area contributed by atoms with Gasteiger partial charge in [-0.3, -0.25) is 4.79 Å². The second kappa shape index (κ2) is 8.46. The Morgan fingerprint density at radius 3 is 2.62 bits per heavy atom. The van der Waals surface area contributed by atoms with E-state index < -0.39 is 15.6 Å². The molecule has 0 spiro atoms. The summed E-state index contributed by atoms with van der Waals surface area (Å²) in [5.41, 5.74) is 8.09. The zero-order chi connectivity index (χ0) is 22.9. The van der Waals surface area contributed by atoms with Crippen molar-refractivity contribution >= 4 is 27.5 Å². The van der Waals surface area contributed by atoms with Crippen LogP contribution in [0.3, 0.4) is 0 Å². The SMILES string of the molecule is CN(C)c1cccc(C(=O)NC2(COc3cccc4c3C(N)=NS(=O)(=O)C4)CCCC2)c1. The van der Waals surface area contributed by atoms with Crippen LogP contribution in [0.5, 0.6) is 5.75 Å². The molecule has 1 aliphatic carbocycles. The first-order chi connectivity index (χ1) is 15.2. The molecule has 2 aromatic carbocycles. The van der Waals surface area contributed by atoms with Gasteiger partial charge in [0, 0.05) is 25.3 Å². The maximum absolute atomic E-state index is 13.1. The summed E-state index contributed by atoms with van der Waals surface area (Å²) in [5.74, 6) is 0.0757. The predicted molar refractivity (Wildman–Crippen MR) is 125 cm³/mol. The van der Waals surface area contributed by atoms with Crippen molar-refractivity contribution in [3.05, 3.63) is 59.2 Å². The van der Waals surface area contributed by atoms with E-state index in [1.165, 1.54) is 0 Å². The number of rotatable bonds is 6. The number of ether oxygens (including phenoxy) is 1. The van der Waals surface area contributed by atoms with Gasteiger partial charge in [-0.15, -0.1) is 4.40 Å². The van der Waals surface area contributed by atoms with E-state index in [1.54, 1.807) is 24.3 Å². The van der Waals surface area contributed by atoms with Crippen molar-refractivity contribution in [3.8, 4) is 5.75 Å². The maximum Gasteiger partial charge on any atom is 0.259 e. The van der Waals surface area contributed by atoms with E-state index in [0.29, 0.717) is 22.4 Å². The van der Waals surface area contributed by atoms with Crippen molar-refractivity contribution in [1.29, 1.82) is 0 Å². The number of hydrogen-bond donors (Lipinski definition) is 2. The third-order valence-corrected chi connectivity index (χ3v) is 7.16. The van der Waals surface area contributed by atoms with Gasteiger partial charge in [-0.1, -0.05) is 31.0 Å². The number of anilines is 1. The first-order valence-electron chi connectivity index (χ1n) is 10.6. The van der Waals surface area contributed by atoms with Crippen LogP contribution in [0, 0.1) is 0 Å². The molecule has 0 bridgehead atoms. The third-order valence-electron chi connectivity index (χ3n) is 6.01. The van der Waals surface area contributed by atoms with E-state index in [1.807, 2.05) is 37.2 Å². The number of nitrogens with zero attached hydrogens (tertiary/aromatic N) is 2. The van der Waals surface area contributed by atoms with E-state index in [4.69, 9.17) is 10.5 Å². The number of nitrogens with two attached hydrogens (primary N) is 1. The van der Waals surface area contributed by atoms with E-state index in [0.717, 1.165) is 31.4 Å². The maximum atomic E-state index is 13.1. The highest BCUT2D eigenvalue weighted by molar-refractivity contribution is 7.89. The summed E-state index contributed by atoms with van der Waals surface area (Å²) in [6, 6.07) is 12.7. The quantitative estimate of drug-likeness (QED) is 0.690. The van der Waals surface area contributed by atoms with E-state index in [9.17, 15) is 13.2 Å². The van der Waals surface area contributed by atoms with Crippen molar-refractivity contribution in [1.82, 2.24) is 5.32 Å². The zero-order valence-electron chi connectivity index (χ0n) is 18.3. The topological polar surface area (TPSA) is 114 Å². The normalized spacial score (nSPS) is 18.4. The highest BCUT2D eigenvalue weighted by Gasteiger charge is 2.37. The van der Waals surface area contributed by atoms with E-state index >= 15 is 0 Å². The minimum absolute atomic E-state index is 0.0631. The number of amides is 1. The fourth-order valence-corrected chi connectivity index (χ4v) is 5.43. The van der Waals surface area contributed by atoms with Crippen molar-refractivity contribution < 1.29 is 17.9 Å². The summed E-state index contributed by atoms with van der Waals surface area (Å²) >= 11 is 0. The Morgan fingerprint density at radius 1 is 1.19 bits per heavy atom. The van der Waals surface area contributed by atoms with Crippen LogP contribution in [-0.4, -0.2) is 46.4 Å². The van der Waals surface area contributed by atoms with Crippen LogP contribution in [0.25, 0.3) is 0 Å². The summed E-state index contributed by atoms with van der Waals surface area (Å²) in [4.78, 5) is 15.0. The molecule has 1 amide bonds. The Labute approximate surface area is 188 Å². The minimum Gasteiger partial charge on any atom is -0.490 e. The molecule has 4 rings (SSSR count). The van der Waals surface area contributed by atoms with Crippen LogP contribution in [0.1, 0.15) is 47.2 Å². The molecule has 170 valence electrons. The number of benzene rings is 2. The lowest BCUT2D eigenvalue weighted by atomic mass is 9.97. The minimum atomic E-state index is -3.61. The Kier molecular flexibility index (Phi) is 5.85. The fraction of sp³-hybridized carbons (Fsp3) is 0.391. The molecule has 8 nitrogen and oxygen atoms in total. The van der Waals surface area contributed by atoms with Crippen LogP contribution in [0.2, 0.25) is 0 Å². The standard InChI is InChI=1S/C23H28N4O4S/c1-27(2)18-9-5-7-16(13-18)22(28)25-23(11-3-4-12-23)15-31-19-10-6-8-17-14-32(29,30)26-21(24)20(17)19/h5-10,13H,3-4,11-12,14-15H2,1-2H3,(H2,24,26)(H,25,28). The highest BCUT2D eigenvalue weighted by atomic mass is 32.2. The summed E-state index contributed by atoms with van der Waals surface area (Å²) < 4.78 is 33.6. The molecule has 1 aliphatic heterocycles. The molecular weight excluding hydrogens is 428 g/mol. The van der Waals surface area contributed by atoms with Gasteiger partial charge in [-0.25, -0.2) is 8.42 Å². The molecule has 0 radical (unpaired) electrons. The second-order valence-corrected chi connectivity index (χ2v) is 10.3. The molecule has 3 N–H and O–H groups in total. The summed E-state index contributed by atoms with van der Waals surface area (Å²) in [6.45, 7) is 0.266. The molecule has 0 unspecified atom stereocenters. The Hall–Kier alpha value is -3.07. The average Bonchev–Trinajstić information content (AvgIpc) is 3.19. The highest BCUT2D eigenvalue weighted by Crippen LogP contribution is 2.33. The van der Waals surface area contributed by atoms with Gasteiger partial charge in [0.2, 0.25) is 0 Å². The molecule has 1 saturated carbocycles. The van der Waals surface area contributed by atoms with Crippen LogP contribution in [-0.2, 0) is 15.8 Å². The lowest BCUT2D eigenvalue weighted by molar-refractivity contribution is 0.0855. The average molecular weight is 457 g/mol. The fourth-order valence-electron chi connectivity index (χ4n) is 4.34. The molecule has 9 heteroatoms. The molecule has 1 heterocycles. The van der Waals surface area contributed by atoms with E-state index in [2.05, 4.69) is 9.71 Å². The lowest BCUT2D eigenvalue weighted by Crippen LogP contribution is -2.50. The van der Waals surface area contributed by atoms with Gasteiger partial charge in [-0.05, 0) is 42.7 Å². The molecule has 2 aromatic rings. The van der Waals surface area contributed by atoms with Crippen molar-refractivity contribution in [2.24, 2.45) is 10.1 Å². The number of amidine groups is 1. The number of fused-ring (bicyclic) bond motifs is 1. The molecule has 2 aliphatic rings. The van der Waals surface area contributed by atoms with Crippen molar-refractivity contribution in [2.45, 2.75) is 37.0 Å². The monoisotopic (exact) mass is 456 g/mol. The van der Waals surface area contributed by atoms with Gasteiger partial charge in [-0.2, -0.15) is 0 Å². The molecule has 0 atom stereocenters. The zero-order valence-corrected chi connectivity index (χ0v) is 19.1. The Balaban J connectivity index is 1.54. The lowest BCUT2D eigenvalue weighted by Gasteiger charge is -2.31. The summed E-state index contributed by atoms with van der Waals surface area (Å²) in [7, 11) is 0.255.